The summed E-state index contributed by atoms with van der Waals surface area (Å²) in [6.45, 7) is 6.58. The fraction of sp³-hybridized carbons (Fsp3) is 0.579. The Bertz CT molecular complexity index is 625. The van der Waals surface area contributed by atoms with Gasteiger partial charge < -0.3 is 20.6 Å². The molecule has 7 heteroatoms. The minimum Gasteiger partial charge on any atom is -0.479 e. The lowest BCUT2D eigenvalue weighted by atomic mass is 9.92. The molecule has 2 saturated heterocycles. The maximum Gasteiger partial charge on any atom is 0.333 e. The van der Waals surface area contributed by atoms with Crippen molar-refractivity contribution in [3.63, 3.8) is 0 Å². The summed E-state index contributed by atoms with van der Waals surface area (Å²) < 4.78 is 0. The molecule has 1 unspecified atom stereocenters. The van der Waals surface area contributed by atoms with E-state index in [0.717, 1.165) is 39.0 Å². The monoisotopic (exact) mass is 360 g/mol. The Hall–Kier alpha value is -2.12. The van der Waals surface area contributed by atoms with Gasteiger partial charge in [0.05, 0.1) is 0 Å². The summed E-state index contributed by atoms with van der Waals surface area (Å²) in [5, 5.41) is 15.8. The van der Waals surface area contributed by atoms with Crippen LogP contribution < -0.4 is 10.6 Å². The standard InChI is InChI=1S/C19H28N4O3/c1-19(17(24)25,15-5-3-2-4-6-15)21-18(26)23-13-11-22(12-14-23)16-7-9-20-10-8-16/h2-6,16,20H,7-14H2,1H3,(H,21,26)(H,24,25). The van der Waals surface area contributed by atoms with Crippen LogP contribution in [0.2, 0.25) is 0 Å². The zero-order valence-corrected chi connectivity index (χ0v) is 15.3. The summed E-state index contributed by atoms with van der Waals surface area (Å²) in [5.74, 6) is -1.06. The van der Waals surface area contributed by atoms with Crippen molar-refractivity contribution in [1.29, 1.82) is 0 Å². The van der Waals surface area contributed by atoms with Gasteiger partial charge in [-0.15, -0.1) is 0 Å². The second-order valence-electron chi connectivity index (χ2n) is 7.23. The number of carboxylic acid groups (broad SMARTS) is 1. The second kappa shape index (κ2) is 8.05. The number of hydrogen-bond donors (Lipinski definition) is 3. The number of amides is 2. The Kier molecular flexibility index (Phi) is 5.78. The van der Waals surface area contributed by atoms with E-state index in [9.17, 15) is 14.7 Å². The third-order valence-corrected chi connectivity index (χ3v) is 5.56. The summed E-state index contributed by atoms with van der Waals surface area (Å²) in [7, 11) is 0. The first-order chi connectivity index (χ1) is 12.5. The van der Waals surface area contributed by atoms with E-state index >= 15 is 0 Å². The summed E-state index contributed by atoms with van der Waals surface area (Å²) in [6, 6.07) is 9.11. The maximum absolute atomic E-state index is 12.7. The summed E-state index contributed by atoms with van der Waals surface area (Å²) in [4.78, 5) is 28.7. The van der Waals surface area contributed by atoms with E-state index in [1.165, 1.54) is 6.92 Å². The number of rotatable bonds is 4. The molecule has 7 nitrogen and oxygen atoms in total. The SMILES string of the molecule is CC(NC(=O)N1CCN(C2CCNCC2)CC1)(C(=O)O)c1ccccc1. The van der Waals surface area contributed by atoms with Gasteiger partial charge in [-0.05, 0) is 38.4 Å². The molecule has 3 rings (SSSR count). The molecule has 142 valence electrons. The highest BCUT2D eigenvalue weighted by Crippen LogP contribution is 2.22. The van der Waals surface area contributed by atoms with Crippen molar-refractivity contribution in [1.82, 2.24) is 20.4 Å². The van der Waals surface area contributed by atoms with Crippen LogP contribution >= 0.6 is 0 Å². The Balaban J connectivity index is 1.60. The topological polar surface area (TPSA) is 84.9 Å². The number of nitrogens with one attached hydrogen (secondary N) is 2. The lowest BCUT2D eigenvalue weighted by Gasteiger charge is -2.41. The van der Waals surface area contributed by atoms with Crippen LogP contribution in [0.5, 0.6) is 0 Å². The largest absolute Gasteiger partial charge is 0.479 e. The van der Waals surface area contributed by atoms with Crippen LogP contribution in [0.3, 0.4) is 0 Å². The van der Waals surface area contributed by atoms with Gasteiger partial charge in [-0.25, -0.2) is 9.59 Å². The molecule has 0 aliphatic carbocycles. The van der Waals surface area contributed by atoms with Gasteiger partial charge >= 0.3 is 12.0 Å². The van der Waals surface area contributed by atoms with Crippen LogP contribution in [0.15, 0.2) is 30.3 Å². The number of hydrogen-bond acceptors (Lipinski definition) is 4. The quantitative estimate of drug-likeness (QED) is 0.748. The zero-order chi connectivity index (χ0) is 18.6. The minimum atomic E-state index is -1.44. The van der Waals surface area contributed by atoms with Crippen molar-refractivity contribution in [2.45, 2.75) is 31.3 Å². The average molecular weight is 360 g/mol. The third kappa shape index (κ3) is 3.99. The highest BCUT2D eigenvalue weighted by molar-refractivity contribution is 5.87. The number of carboxylic acids is 1. The number of piperidine rings is 1. The Labute approximate surface area is 154 Å². The van der Waals surface area contributed by atoms with E-state index in [2.05, 4.69) is 15.5 Å². The van der Waals surface area contributed by atoms with Gasteiger partial charge in [0.1, 0.15) is 0 Å². The Morgan fingerprint density at radius 2 is 1.73 bits per heavy atom. The van der Waals surface area contributed by atoms with Crippen molar-refractivity contribution < 1.29 is 14.7 Å². The van der Waals surface area contributed by atoms with Crippen molar-refractivity contribution in [3.05, 3.63) is 35.9 Å². The van der Waals surface area contributed by atoms with E-state index in [-0.39, 0.29) is 6.03 Å². The predicted molar refractivity (Wildman–Crippen MR) is 99.0 cm³/mol. The van der Waals surface area contributed by atoms with Gasteiger partial charge in [0.15, 0.2) is 5.54 Å². The molecule has 0 saturated carbocycles. The summed E-state index contributed by atoms with van der Waals surface area (Å²) in [5.41, 5.74) is -0.876. The molecule has 1 atom stereocenters. The number of carbonyl (C=O) groups is 2. The highest BCUT2D eigenvalue weighted by Gasteiger charge is 2.38. The maximum atomic E-state index is 12.7. The van der Waals surface area contributed by atoms with E-state index in [0.29, 0.717) is 24.7 Å². The van der Waals surface area contributed by atoms with Gasteiger partial charge in [0.2, 0.25) is 0 Å². The molecule has 2 amide bonds. The van der Waals surface area contributed by atoms with Crippen LogP contribution in [0.4, 0.5) is 4.79 Å². The molecule has 0 aromatic heterocycles. The molecular formula is C19H28N4O3. The number of nitrogens with zero attached hydrogens (tertiary/aromatic N) is 2. The molecule has 0 bridgehead atoms. The van der Waals surface area contributed by atoms with Crippen molar-refractivity contribution >= 4 is 12.0 Å². The predicted octanol–water partition coefficient (Wildman–Crippen LogP) is 1.07. The first-order valence-electron chi connectivity index (χ1n) is 9.31. The number of benzene rings is 1. The highest BCUT2D eigenvalue weighted by atomic mass is 16.4. The molecule has 1 aromatic carbocycles. The molecule has 2 aliphatic heterocycles. The first kappa shape index (κ1) is 18.7. The van der Waals surface area contributed by atoms with Crippen molar-refractivity contribution in [2.75, 3.05) is 39.3 Å². The van der Waals surface area contributed by atoms with Crippen LogP contribution in [0, 0.1) is 0 Å². The lowest BCUT2D eigenvalue weighted by Crippen LogP contribution is -2.59. The van der Waals surface area contributed by atoms with Gasteiger partial charge in [-0.1, -0.05) is 30.3 Å². The fourth-order valence-corrected chi connectivity index (χ4v) is 3.78. The molecule has 0 radical (unpaired) electrons. The summed E-state index contributed by atoms with van der Waals surface area (Å²) in [6.07, 6.45) is 2.30. The van der Waals surface area contributed by atoms with Gasteiger partial charge in [-0.3, -0.25) is 4.90 Å². The van der Waals surface area contributed by atoms with Crippen molar-refractivity contribution in [3.8, 4) is 0 Å². The normalized spacial score (nSPS) is 21.8. The van der Waals surface area contributed by atoms with E-state index < -0.39 is 11.5 Å². The number of piperazine rings is 1. The molecule has 2 fully saturated rings. The molecule has 0 spiro atoms. The lowest BCUT2D eigenvalue weighted by molar-refractivity contribution is -0.144. The number of carbonyl (C=O) groups excluding carboxylic acids is 1. The molecule has 2 aliphatic rings. The number of urea groups is 1. The fourth-order valence-electron chi connectivity index (χ4n) is 3.78. The molecular weight excluding hydrogens is 332 g/mol. The van der Waals surface area contributed by atoms with Crippen molar-refractivity contribution in [2.24, 2.45) is 0 Å². The zero-order valence-electron chi connectivity index (χ0n) is 15.3. The smallest absolute Gasteiger partial charge is 0.333 e. The van der Waals surface area contributed by atoms with E-state index in [1.807, 2.05) is 6.07 Å². The summed E-state index contributed by atoms with van der Waals surface area (Å²) >= 11 is 0. The second-order valence-corrected chi connectivity index (χ2v) is 7.23. The van der Waals surface area contributed by atoms with Crippen LogP contribution in [-0.2, 0) is 10.3 Å². The van der Waals surface area contributed by atoms with Gasteiger partial charge in [0, 0.05) is 32.2 Å². The average Bonchev–Trinajstić information content (AvgIpc) is 2.69. The van der Waals surface area contributed by atoms with E-state index in [1.54, 1.807) is 29.2 Å². The molecule has 3 N–H and O–H groups in total. The van der Waals surface area contributed by atoms with Gasteiger partial charge in [0.25, 0.3) is 0 Å². The number of aliphatic carboxylic acids is 1. The van der Waals surface area contributed by atoms with Gasteiger partial charge in [-0.2, -0.15) is 0 Å². The minimum absolute atomic E-state index is 0.316. The Morgan fingerprint density at radius 3 is 2.31 bits per heavy atom. The third-order valence-electron chi connectivity index (χ3n) is 5.56. The van der Waals surface area contributed by atoms with Crippen LogP contribution in [0.1, 0.15) is 25.3 Å². The Morgan fingerprint density at radius 1 is 1.12 bits per heavy atom. The molecule has 26 heavy (non-hydrogen) atoms. The van der Waals surface area contributed by atoms with Crippen LogP contribution in [-0.4, -0.2) is 72.2 Å². The van der Waals surface area contributed by atoms with Crippen LogP contribution in [0.25, 0.3) is 0 Å². The molecule has 1 aromatic rings. The van der Waals surface area contributed by atoms with E-state index in [4.69, 9.17) is 0 Å². The molecule has 2 heterocycles. The first-order valence-corrected chi connectivity index (χ1v) is 9.31.